The minimum Gasteiger partial charge on any atom is -0.480 e. The van der Waals surface area contributed by atoms with Crippen LogP contribution >= 0.6 is 0 Å². The first-order valence-electron chi connectivity index (χ1n) is 5.76. The Morgan fingerprint density at radius 2 is 2.22 bits per heavy atom. The van der Waals surface area contributed by atoms with Gasteiger partial charge in [-0.3, -0.25) is 0 Å². The molecule has 0 aromatic carbocycles. The number of carbonyl (C=O) groups is 2. The zero-order valence-corrected chi connectivity index (χ0v) is 10.7. The first kappa shape index (κ1) is 12.5. The van der Waals surface area contributed by atoms with E-state index in [0.717, 1.165) is 5.56 Å². The lowest BCUT2D eigenvalue weighted by atomic mass is 10.0. The SMILES string of the molecule is CN1C(=O)N(C(C)(C)C(=O)O)CC1c1cc[nH]c1. The number of nitrogens with zero attached hydrogens (tertiary/aromatic N) is 2. The fourth-order valence-corrected chi connectivity index (χ4v) is 2.15. The van der Waals surface area contributed by atoms with Crippen molar-refractivity contribution >= 4 is 12.0 Å². The minimum atomic E-state index is -1.20. The number of carbonyl (C=O) groups excluding carboxylic acids is 1. The monoisotopic (exact) mass is 251 g/mol. The number of urea groups is 1. The predicted molar refractivity (Wildman–Crippen MR) is 65.1 cm³/mol. The Labute approximate surface area is 105 Å². The van der Waals surface area contributed by atoms with E-state index in [1.807, 2.05) is 12.3 Å². The van der Waals surface area contributed by atoms with Gasteiger partial charge in [0, 0.05) is 26.0 Å². The molecule has 1 aliphatic rings. The molecule has 0 saturated carbocycles. The standard InChI is InChI=1S/C12H17N3O3/c1-12(2,10(16)17)15-7-9(14(3)11(15)18)8-4-5-13-6-8/h4-6,9,13H,7H2,1-3H3,(H,16,17). The Balaban J connectivity index is 2.28. The van der Waals surface area contributed by atoms with Crippen LogP contribution < -0.4 is 0 Å². The lowest BCUT2D eigenvalue weighted by Gasteiger charge is -2.30. The molecule has 0 spiro atoms. The van der Waals surface area contributed by atoms with Crippen molar-refractivity contribution in [2.24, 2.45) is 0 Å². The van der Waals surface area contributed by atoms with Gasteiger partial charge in [0.25, 0.3) is 0 Å². The van der Waals surface area contributed by atoms with Crippen molar-refractivity contribution < 1.29 is 14.7 Å². The molecule has 1 aromatic rings. The Morgan fingerprint density at radius 1 is 1.56 bits per heavy atom. The lowest BCUT2D eigenvalue weighted by molar-refractivity contribution is -0.147. The molecule has 0 radical (unpaired) electrons. The number of H-pyrrole nitrogens is 1. The molecule has 1 aliphatic heterocycles. The quantitative estimate of drug-likeness (QED) is 0.849. The Hall–Kier alpha value is -1.98. The predicted octanol–water partition coefficient (Wildman–Crippen LogP) is 1.29. The van der Waals surface area contributed by atoms with Crippen LogP contribution in [0.1, 0.15) is 25.5 Å². The number of aromatic nitrogens is 1. The maximum absolute atomic E-state index is 12.1. The van der Waals surface area contributed by atoms with E-state index >= 15 is 0 Å². The van der Waals surface area contributed by atoms with Crippen LogP contribution in [0, 0.1) is 0 Å². The molecule has 2 rings (SSSR count). The van der Waals surface area contributed by atoms with Gasteiger partial charge in [0.15, 0.2) is 0 Å². The number of likely N-dealkylation sites (N-methyl/N-ethyl adjacent to an activating group) is 1. The van der Waals surface area contributed by atoms with Gasteiger partial charge in [-0.2, -0.15) is 0 Å². The smallest absolute Gasteiger partial charge is 0.329 e. The van der Waals surface area contributed by atoms with Crippen molar-refractivity contribution in [3.63, 3.8) is 0 Å². The van der Waals surface area contributed by atoms with E-state index in [0.29, 0.717) is 6.54 Å². The molecule has 98 valence electrons. The molecule has 2 amide bonds. The summed E-state index contributed by atoms with van der Waals surface area (Å²) in [5.41, 5.74) is -0.217. The zero-order chi connectivity index (χ0) is 13.5. The average molecular weight is 251 g/mol. The van der Waals surface area contributed by atoms with E-state index in [1.54, 1.807) is 32.0 Å². The average Bonchev–Trinajstić information content (AvgIpc) is 2.89. The van der Waals surface area contributed by atoms with E-state index in [9.17, 15) is 14.7 Å². The highest BCUT2D eigenvalue weighted by Gasteiger charge is 2.46. The van der Waals surface area contributed by atoms with Crippen LogP contribution in [0.4, 0.5) is 4.79 Å². The fraction of sp³-hybridized carbons (Fsp3) is 0.500. The molecule has 1 saturated heterocycles. The Kier molecular flexibility index (Phi) is 2.80. The highest BCUT2D eigenvalue weighted by Crippen LogP contribution is 2.32. The molecule has 1 fully saturated rings. The van der Waals surface area contributed by atoms with Gasteiger partial charge in [-0.25, -0.2) is 9.59 Å². The zero-order valence-electron chi connectivity index (χ0n) is 10.7. The van der Waals surface area contributed by atoms with Gasteiger partial charge in [-0.05, 0) is 25.5 Å². The summed E-state index contributed by atoms with van der Waals surface area (Å²) in [4.78, 5) is 29.3. The third-order valence-corrected chi connectivity index (χ3v) is 3.56. The molecule has 6 nitrogen and oxygen atoms in total. The van der Waals surface area contributed by atoms with Crippen molar-refractivity contribution in [1.29, 1.82) is 0 Å². The van der Waals surface area contributed by atoms with Crippen molar-refractivity contribution in [2.45, 2.75) is 25.4 Å². The van der Waals surface area contributed by atoms with Gasteiger partial charge < -0.3 is 19.9 Å². The van der Waals surface area contributed by atoms with Crippen LogP contribution in [0.2, 0.25) is 0 Å². The van der Waals surface area contributed by atoms with E-state index < -0.39 is 11.5 Å². The maximum Gasteiger partial charge on any atom is 0.329 e. The summed E-state index contributed by atoms with van der Waals surface area (Å²) >= 11 is 0. The number of aliphatic carboxylic acids is 1. The second-order valence-electron chi connectivity index (χ2n) is 5.03. The first-order chi connectivity index (χ1) is 8.35. The summed E-state index contributed by atoms with van der Waals surface area (Å²) in [6.45, 7) is 3.47. The van der Waals surface area contributed by atoms with Crippen molar-refractivity contribution in [3.05, 3.63) is 24.0 Å². The second-order valence-corrected chi connectivity index (χ2v) is 5.03. The molecule has 18 heavy (non-hydrogen) atoms. The molecule has 2 heterocycles. The van der Waals surface area contributed by atoms with Crippen LogP contribution in [-0.2, 0) is 4.79 Å². The van der Waals surface area contributed by atoms with Gasteiger partial charge >= 0.3 is 12.0 Å². The first-order valence-corrected chi connectivity index (χ1v) is 5.76. The number of hydrogen-bond acceptors (Lipinski definition) is 2. The second kappa shape index (κ2) is 4.04. The van der Waals surface area contributed by atoms with Crippen molar-refractivity contribution in [1.82, 2.24) is 14.8 Å². The summed E-state index contributed by atoms with van der Waals surface area (Å²) in [6, 6.07) is 1.53. The van der Waals surface area contributed by atoms with Crippen LogP contribution in [0.15, 0.2) is 18.5 Å². The molecular formula is C12H17N3O3. The number of carboxylic acid groups (broad SMARTS) is 1. The molecule has 0 aliphatic carbocycles. The normalized spacial score (nSPS) is 20.6. The number of hydrogen-bond donors (Lipinski definition) is 2. The largest absolute Gasteiger partial charge is 0.480 e. The lowest BCUT2D eigenvalue weighted by Crippen LogP contribution is -2.51. The van der Waals surface area contributed by atoms with Gasteiger partial charge in [-0.15, -0.1) is 0 Å². The van der Waals surface area contributed by atoms with Gasteiger partial charge in [0.05, 0.1) is 6.04 Å². The molecular weight excluding hydrogens is 234 g/mol. The molecule has 1 atom stereocenters. The van der Waals surface area contributed by atoms with E-state index in [2.05, 4.69) is 4.98 Å². The number of rotatable bonds is 3. The summed E-state index contributed by atoms with van der Waals surface area (Å²) in [7, 11) is 1.69. The summed E-state index contributed by atoms with van der Waals surface area (Å²) in [6.07, 6.45) is 3.62. The van der Waals surface area contributed by atoms with Crippen LogP contribution in [0.3, 0.4) is 0 Å². The van der Waals surface area contributed by atoms with E-state index in [4.69, 9.17) is 0 Å². The fourth-order valence-electron chi connectivity index (χ4n) is 2.15. The molecule has 1 aromatic heterocycles. The molecule has 0 bridgehead atoms. The third kappa shape index (κ3) is 1.73. The van der Waals surface area contributed by atoms with E-state index in [1.165, 1.54) is 4.90 Å². The van der Waals surface area contributed by atoms with Crippen LogP contribution in [0.25, 0.3) is 0 Å². The number of carboxylic acids is 1. The van der Waals surface area contributed by atoms with Gasteiger partial charge in [0.2, 0.25) is 0 Å². The van der Waals surface area contributed by atoms with Gasteiger partial charge in [-0.1, -0.05) is 0 Å². The summed E-state index contributed by atoms with van der Waals surface area (Å²) < 4.78 is 0. The maximum atomic E-state index is 12.1. The molecule has 6 heteroatoms. The molecule has 1 unspecified atom stereocenters. The summed E-state index contributed by atoms with van der Waals surface area (Å²) in [5.74, 6) is -1.00. The van der Waals surface area contributed by atoms with Gasteiger partial charge in [0.1, 0.15) is 5.54 Å². The van der Waals surface area contributed by atoms with Crippen molar-refractivity contribution in [2.75, 3.05) is 13.6 Å². The topological polar surface area (TPSA) is 76.6 Å². The minimum absolute atomic E-state index is 0.109. The molecule has 2 N–H and O–H groups in total. The highest BCUT2D eigenvalue weighted by molar-refractivity contribution is 5.87. The highest BCUT2D eigenvalue weighted by atomic mass is 16.4. The number of nitrogens with one attached hydrogen (secondary N) is 1. The Morgan fingerprint density at radius 3 is 2.72 bits per heavy atom. The van der Waals surface area contributed by atoms with Crippen molar-refractivity contribution in [3.8, 4) is 0 Å². The van der Waals surface area contributed by atoms with Crippen LogP contribution in [0.5, 0.6) is 0 Å². The third-order valence-electron chi connectivity index (χ3n) is 3.56. The summed E-state index contributed by atoms with van der Waals surface area (Å²) in [5, 5.41) is 9.20. The Bertz CT molecular complexity index is 467. The van der Waals surface area contributed by atoms with E-state index in [-0.39, 0.29) is 12.1 Å². The number of aromatic amines is 1. The number of amides is 2. The van der Waals surface area contributed by atoms with Crippen LogP contribution in [-0.4, -0.2) is 51.0 Å².